The van der Waals surface area contributed by atoms with E-state index in [1.54, 1.807) is 12.1 Å². The Morgan fingerprint density at radius 1 is 1.65 bits per heavy atom. The van der Waals surface area contributed by atoms with Crippen LogP contribution in [-0.2, 0) is 4.18 Å². The molecule has 2 rings (SSSR count). The fraction of sp³-hybridized carbons (Fsp3) is 0.375. The van der Waals surface area contributed by atoms with E-state index in [2.05, 4.69) is 38.3 Å². The lowest BCUT2D eigenvalue weighted by Gasteiger charge is -2.34. The monoisotopic (exact) mass is 446 g/mol. The molecule has 23 heavy (non-hydrogen) atoms. The summed E-state index contributed by atoms with van der Waals surface area (Å²) in [4.78, 5) is 12.2. The normalized spacial score (nSPS) is 21.2. The van der Waals surface area contributed by atoms with Gasteiger partial charge in [0, 0.05) is 33.3 Å². The van der Waals surface area contributed by atoms with Gasteiger partial charge in [0.2, 0.25) is 5.76 Å². The summed E-state index contributed by atoms with van der Waals surface area (Å²) in [7, 11) is 1.35. The third kappa shape index (κ3) is 5.22. The van der Waals surface area contributed by atoms with Crippen LogP contribution in [0.1, 0.15) is 36.0 Å². The van der Waals surface area contributed by atoms with Crippen molar-refractivity contribution in [2.75, 3.05) is 6.61 Å². The maximum Gasteiger partial charge on any atom is 0.290 e. The number of carbonyl (C=O) groups excluding carboxylic acids is 1. The summed E-state index contributed by atoms with van der Waals surface area (Å²) in [6, 6.07) is 1.84. The fourth-order valence-electron chi connectivity index (χ4n) is 2.39. The number of halogens is 1. The highest BCUT2D eigenvalue weighted by molar-refractivity contribution is 14.2. The highest BCUT2D eigenvalue weighted by atomic mass is 127. The lowest BCUT2D eigenvalue weighted by Crippen LogP contribution is -2.45. The predicted molar refractivity (Wildman–Crippen MR) is 101 cm³/mol. The Hall–Kier alpha value is -1.06. The van der Waals surface area contributed by atoms with E-state index in [9.17, 15) is 4.79 Å². The van der Waals surface area contributed by atoms with Gasteiger partial charge in [0.05, 0.1) is 15.8 Å². The SMILES string of the molecule is C=C/C=C\C(=C/C)c1cc(C(=O)NC2CC(COSI)C2)on1. The average molecular weight is 446 g/mol. The lowest BCUT2D eigenvalue weighted by atomic mass is 9.81. The third-order valence-electron chi connectivity index (χ3n) is 3.67. The van der Waals surface area contributed by atoms with Gasteiger partial charge in [-0.25, -0.2) is 0 Å². The van der Waals surface area contributed by atoms with E-state index >= 15 is 0 Å². The summed E-state index contributed by atoms with van der Waals surface area (Å²) in [6.45, 7) is 6.27. The lowest BCUT2D eigenvalue weighted by molar-refractivity contribution is 0.0825. The quantitative estimate of drug-likeness (QED) is 0.366. The Balaban J connectivity index is 1.87. The van der Waals surface area contributed by atoms with Crippen molar-refractivity contribution in [1.29, 1.82) is 0 Å². The summed E-state index contributed by atoms with van der Waals surface area (Å²) in [5.41, 5.74) is 1.51. The largest absolute Gasteiger partial charge is 0.350 e. The van der Waals surface area contributed by atoms with E-state index in [-0.39, 0.29) is 17.7 Å². The van der Waals surface area contributed by atoms with E-state index in [0.717, 1.165) is 25.0 Å². The minimum absolute atomic E-state index is 0.186. The van der Waals surface area contributed by atoms with Gasteiger partial charge in [-0.3, -0.25) is 4.79 Å². The number of aromatic nitrogens is 1. The van der Waals surface area contributed by atoms with Crippen molar-refractivity contribution in [2.45, 2.75) is 25.8 Å². The molecule has 1 fully saturated rings. The van der Waals surface area contributed by atoms with Gasteiger partial charge in [0.25, 0.3) is 5.91 Å². The maximum atomic E-state index is 12.2. The van der Waals surface area contributed by atoms with Gasteiger partial charge in [-0.15, -0.1) is 0 Å². The van der Waals surface area contributed by atoms with Crippen molar-refractivity contribution in [3.05, 3.63) is 48.4 Å². The van der Waals surface area contributed by atoms with Crippen LogP contribution >= 0.6 is 30.4 Å². The van der Waals surface area contributed by atoms with E-state index in [1.807, 2.05) is 25.2 Å². The number of amides is 1. The molecule has 0 aliphatic heterocycles. The van der Waals surface area contributed by atoms with E-state index in [0.29, 0.717) is 11.6 Å². The van der Waals surface area contributed by atoms with Crippen LogP contribution < -0.4 is 5.32 Å². The summed E-state index contributed by atoms with van der Waals surface area (Å²) < 4.78 is 10.5. The smallest absolute Gasteiger partial charge is 0.290 e. The van der Waals surface area contributed by atoms with Gasteiger partial charge in [-0.2, -0.15) is 0 Å². The molecule has 0 spiro atoms. The summed E-state index contributed by atoms with van der Waals surface area (Å²) in [5.74, 6) is 0.528. The van der Waals surface area contributed by atoms with Crippen molar-refractivity contribution in [1.82, 2.24) is 10.5 Å². The number of allylic oxidation sites excluding steroid dienone is 5. The summed E-state index contributed by atoms with van der Waals surface area (Å²) in [5, 5.41) is 6.92. The molecular weight excluding hydrogens is 427 g/mol. The molecule has 1 saturated carbocycles. The number of rotatable bonds is 8. The minimum Gasteiger partial charge on any atom is -0.350 e. The molecule has 0 aromatic carbocycles. The van der Waals surface area contributed by atoms with Crippen LogP contribution in [0.15, 0.2) is 41.5 Å². The standard InChI is InChI=1S/C16H19IN2O3S/c1-3-5-6-12(4-2)14-9-15(22-19-14)16(20)18-13-7-11(8-13)10-21-23-17/h3-6,9,11,13H,1,7-8,10H2,2H3,(H,18,20)/b6-5-,12-4+. The molecule has 1 aliphatic carbocycles. The van der Waals surface area contributed by atoms with Crippen LogP contribution in [0.4, 0.5) is 0 Å². The molecule has 1 aromatic rings. The predicted octanol–water partition coefficient (Wildman–Crippen LogP) is 4.34. The van der Waals surface area contributed by atoms with Crippen LogP contribution in [0.5, 0.6) is 0 Å². The number of nitrogens with one attached hydrogen (secondary N) is 1. The van der Waals surface area contributed by atoms with Crippen molar-refractivity contribution >= 4 is 41.9 Å². The zero-order valence-electron chi connectivity index (χ0n) is 12.8. The molecule has 1 heterocycles. The second kappa shape index (κ2) is 9.29. The third-order valence-corrected chi connectivity index (χ3v) is 4.66. The second-order valence-electron chi connectivity index (χ2n) is 5.27. The molecule has 0 saturated heterocycles. The molecule has 0 bridgehead atoms. The van der Waals surface area contributed by atoms with Crippen LogP contribution in [0, 0.1) is 5.92 Å². The first-order chi connectivity index (χ1) is 11.2. The molecule has 1 N–H and O–H groups in total. The molecule has 0 radical (unpaired) electrons. The molecule has 1 amide bonds. The topological polar surface area (TPSA) is 64.4 Å². The van der Waals surface area contributed by atoms with E-state index in [4.69, 9.17) is 8.71 Å². The zero-order chi connectivity index (χ0) is 16.7. The number of carbonyl (C=O) groups is 1. The first kappa shape index (κ1) is 18.3. The Kier molecular flexibility index (Phi) is 7.38. The molecule has 7 heteroatoms. The fourth-order valence-corrected chi connectivity index (χ4v) is 3.07. The number of nitrogens with zero attached hydrogens (tertiary/aromatic N) is 1. The Bertz CT molecular complexity index is 606. The highest BCUT2D eigenvalue weighted by Crippen LogP contribution is 2.30. The summed E-state index contributed by atoms with van der Waals surface area (Å²) in [6.07, 6.45) is 9.15. The van der Waals surface area contributed by atoms with Gasteiger partial charge in [-0.1, -0.05) is 36.0 Å². The molecule has 0 unspecified atom stereocenters. The number of hydrogen-bond donors (Lipinski definition) is 1. The molecular formula is C16H19IN2O3S. The minimum atomic E-state index is -0.223. The Morgan fingerprint density at radius 3 is 3.09 bits per heavy atom. The average Bonchev–Trinajstić information content (AvgIpc) is 3.00. The molecule has 124 valence electrons. The van der Waals surface area contributed by atoms with Crippen LogP contribution in [0.3, 0.4) is 0 Å². The van der Waals surface area contributed by atoms with Crippen molar-refractivity contribution in [2.24, 2.45) is 5.92 Å². The molecule has 1 aromatic heterocycles. The van der Waals surface area contributed by atoms with Crippen molar-refractivity contribution < 1.29 is 13.5 Å². The van der Waals surface area contributed by atoms with Crippen molar-refractivity contribution in [3.63, 3.8) is 0 Å². The molecule has 5 nitrogen and oxygen atoms in total. The zero-order valence-corrected chi connectivity index (χ0v) is 15.8. The van der Waals surface area contributed by atoms with Gasteiger partial charge < -0.3 is 14.0 Å². The van der Waals surface area contributed by atoms with Crippen molar-refractivity contribution in [3.8, 4) is 0 Å². The Morgan fingerprint density at radius 2 is 2.43 bits per heavy atom. The molecule has 0 atom stereocenters. The van der Waals surface area contributed by atoms with Gasteiger partial charge in [0.1, 0.15) is 5.69 Å². The van der Waals surface area contributed by atoms with Gasteiger partial charge in [0.15, 0.2) is 0 Å². The van der Waals surface area contributed by atoms with E-state index < -0.39 is 0 Å². The molecule has 1 aliphatic rings. The number of hydrogen-bond acceptors (Lipinski definition) is 5. The van der Waals surface area contributed by atoms with Gasteiger partial charge >= 0.3 is 0 Å². The highest BCUT2D eigenvalue weighted by Gasteiger charge is 2.31. The first-order valence-corrected chi connectivity index (χ1v) is 10.6. The summed E-state index contributed by atoms with van der Waals surface area (Å²) >= 11 is 2.10. The Labute approximate surface area is 152 Å². The van der Waals surface area contributed by atoms with E-state index in [1.165, 1.54) is 9.21 Å². The van der Waals surface area contributed by atoms with Gasteiger partial charge in [-0.05, 0) is 31.3 Å². The van der Waals surface area contributed by atoms with Crippen LogP contribution in [-0.4, -0.2) is 23.7 Å². The first-order valence-electron chi connectivity index (χ1n) is 7.31. The van der Waals surface area contributed by atoms with Crippen LogP contribution in [0.2, 0.25) is 0 Å². The van der Waals surface area contributed by atoms with Crippen LogP contribution in [0.25, 0.3) is 5.57 Å². The maximum absolute atomic E-state index is 12.2. The second-order valence-corrected chi connectivity index (χ2v) is 6.71.